The van der Waals surface area contributed by atoms with Gasteiger partial charge < -0.3 is 4.98 Å². The van der Waals surface area contributed by atoms with E-state index in [1.54, 1.807) is 0 Å². The van der Waals surface area contributed by atoms with E-state index in [4.69, 9.17) is 0 Å². The molecule has 0 unspecified atom stereocenters. The van der Waals surface area contributed by atoms with Crippen LogP contribution in [0.15, 0.2) is 30.3 Å². The van der Waals surface area contributed by atoms with Crippen molar-refractivity contribution in [3.05, 3.63) is 59.2 Å². The standard InChI is InChI=1S/C15H7F4NO/c16-8-1-7(2-9(17)3-8)15-11(6-21)14-12(19)4-10(18)5-13(14)20-15/h1-6,20H. The molecular weight excluding hydrogens is 286 g/mol. The van der Waals surface area contributed by atoms with Crippen LogP contribution < -0.4 is 0 Å². The maximum Gasteiger partial charge on any atom is 0.152 e. The van der Waals surface area contributed by atoms with Gasteiger partial charge in [-0.3, -0.25) is 4.79 Å². The minimum absolute atomic E-state index is 0.0305. The summed E-state index contributed by atoms with van der Waals surface area (Å²) in [6.45, 7) is 0. The van der Waals surface area contributed by atoms with E-state index < -0.39 is 23.3 Å². The molecule has 6 heteroatoms. The summed E-state index contributed by atoms with van der Waals surface area (Å²) in [5.74, 6) is -3.43. The van der Waals surface area contributed by atoms with Crippen molar-refractivity contribution in [2.24, 2.45) is 0 Å². The maximum atomic E-state index is 13.8. The van der Waals surface area contributed by atoms with Gasteiger partial charge in [-0.15, -0.1) is 0 Å². The van der Waals surface area contributed by atoms with Crippen LogP contribution in [-0.4, -0.2) is 11.3 Å². The summed E-state index contributed by atoms with van der Waals surface area (Å²) < 4.78 is 53.6. The van der Waals surface area contributed by atoms with Crippen LogP contribution >= 0.6 is 0 Å². The number of aromatic nitrogens is 1. The number of carbonyl (C=O) groups excluding carboxylic acids is 1. The molecule has 0 aliphatic carbocycles. The molecule has 2 nitrogen and oxygen atoms in total. The average Bonchev–Trinajstić information content (AvgIpc) is 2.76. The van der Waals surface area contributed by atoms with Gasteiger partial charge in [-0.25, -0.2) is 17.6 Å². The number of hydrogen-bond donors (Lipinski definition) is 1. The molecule has 1 aromatic heterocycles. The lowest BCUT2D eigenvalue weighted by atomic mass is 10.1. The monoisotopic (exact) mass is 293 g/mol. The van der Waals surface area contributed by atoms with E-state index in [1.807, 2.05) is 0 Å². The first-order valence-corrected chi connectivity index (χ1v) is 5.92. The molecule has 0 aliphatic heterocycles. The minimum atomic E-state index is -0.925. The molecule has 0 amide bonds. The Balaban J connectivity index is 2.37. The second-order valence-corrected chi connectivity index (χ2v) is 4.50. The van der Waals surface area contributed by atoms with E-state index in [1.165, 1.54) is 0 Å². The van der Waals surface area contributed by atoms with E-state index in [9.17, 15) is 22.4 Å². The third-order valence-corrected chi connectivity index (χ3v) is 3.12. The van der Waals surface area contributed by atoms with Gasteiger partial charge in [-0.05, 0) is 18.2 Å². The first-order valence-electron chi connectivity index (χ1n) is 5.92. The number of hydrogen-bond acceptors (Lipinski definition) is 1. The zero-order chi connectivity index (χ0) is 15.1. The molecule has 0 radical (unpaired) electrons. The van der Waals surface area contributed by atoms with Gasteiger partial charge in [0.05, 0.1) is 16.8 Å². The highest BCUT2D eigenvalue weighted by Crippen LogP contribution is 2.32. The molecule has 3 aromatic rings. The van der Waals surface area contributed by atoms with Crippen molar-refractivity contribution in [3.8, 4) is 11.3 Å². The molecule has 0 aliphatic rings. The Morgan fingerprint density at radius 2 is 1.48 bits per heavy atom. The number of H-pyrrole nitrogens is 1. The number of fused-ring (bicyclic) bond motifs is 1. The van der Waals surface area contributed by atoms with Gasteiger partial charge in [-0.1, -0.05) is 0 Å². The minimum Gasteiger partial charge on any atom is -0.354 e. The van der Waals surface area contributed by atoms with Gasteiger partial charge in [0.15, 0.2) is 6.29 Å². The Morgan fingerprint density at radius 3 is 2.10 bits per heavy atom. The first kappa shape index (κ1) is 13.4. The van der Waals surface area contributed by atoms with Crippen LogP contribution in [0.25, 0.3) is 22.2 Å². The Kier molecular flexibility index (Phi) is 3.01. The fourth-order valence-electron chi connectivity index (χ4n) is 2.32. The quantitative estimate of drug-likeness (QED) is 0.557. The lowest BCUT2D eigenvalue weighted by Crippen LogP contribution is -1.89. The van der Waals surface area contributed by atoms with Gasteiger partial charge in [0.1, 0.15) is 23.3 Å². The second kappa shape index (κ2) is 4.73. The van der Waals surface area contributed by atoms with Crippen LogP contribution in [0, 0.1) is 23.3 Å². The van der Waals surface area contributed by atoms with E-state index in [2.05, 4.69) is 4.98 Å². The molecule has 0 spiro atoms. The summed E-state index contributed by atoms with van der Waals surface area (Å²) in [4.78, 5) is 13.8. The Bertz CT molecular complexity index is 849. The number of halogens is 4. The van der Waals surface area contributed by atoms with Crippen molar-refractivity contribution in [2.45, 2.75) is 0 Å². The van der Waals surface area contributed by atoms with Crippen molar-refractivity contribution in [1.82, 2.24) is 4.98 Å². The maximum absolute atomic E-state index is 13.8. The Morgan fingerprint density at radius 1 is 0.857 bits per heavy atom. The molecule has 1 N–H and O–H groups in total. The molecule has 1 heterocycles. The van der Waals surface area contributed by atoms with Crippen LogP contribution in [0.4, 0.5) is 17.6 Å². The average molecular weight is 293 g/mol. The molecule has 2 aromatic carbocycles. The Labute approximate surface area is 116 Å². The number of nitrogens with one attached hydrogen (secondary N) is 1. The number of aldehydes is 1. The summed E-state index contributed by atoms with van der Waals surface area (Å²) in [6, 6.07) is 4.31. The Hall–Kier alpha value is -2.63. The van der Waals surface area contributed by atoms with Gasteiger partial charge >= 0.3 is 0 Å². The first-order chi connectivity index (χ1) is 9.99. The number of carbonyl (C=O) groups is 1. The highest BCUT2D eigenvalue weighted by atomic mass is 19.1. The van der Waals surface area contributed by atoms with Crippen molar-refractivity contribution >= 4 is 17.2 Å². The molecule has 3 rings (SSSR count). The van der Waals surface area contributed by atoms with Crippen LogP contribution in [-0.2, 0) is 0 Å². The van der Waals surface area contributed by atoms with E-state index >= 15 is 0 Å². The normalized spacial score (nSPS) is 11.0. The lowest BCUT2D eigenvalue weighted by Gasteiger charge is -2.01. The van der Waals surface area contributed by atoms with Gasteiger partial charge in [0.25, 0.3) is 0 Å². The van der Waals surface area contributed by atoms with Crippen LogP contribution in [0.5, 0.6) is 0 Å². The topological polar surface area (TPSA) is 32.9 Å². The lowest BCUT2D eigenvalue weighted by molar-refractivity contribution is 0.112. The second-order valence-electron chi connectivity index (χ2n) is 4.50. The fourth-order valence-corrected chi connectivity index (χ4v) is 2.32. The molecule has 0 atom stereocenters. The summed E-state index contributed by atoms with van der Waals surface area (Å²) >= 11 is 0. The van der Waals surface area contributed by atoms with Gasteiger partial charge in [-0.2, -0.15) is 0 Å². The molecule has 0 saturated carbocycles. The molecule has 0 bridgehead atoms. The zero-order valence-electron chi connectivity index (χ0n) is 10.4. The van der Waals surface area contributed by atoms with Crippen molar-refractivity contribution < 1.29 is 22.4 Å². The summed E-state index contributed by atoms with van der Waals surface area (Å²) in [6.07, 6.45) is 0.359. The summed E-state index contributed by atoms with van der Waals surface area (Å²) in [7, 11) is 0. The largest absolute Gasteiger partial charge is 0.354 e. The third kappa shape index (κ3) is 2.18. The predicted molar refractivity (Wildman–Crippen MR) is 69.0 cm³/mol. The summed E-state index contributed by atoms with van der Waals surface area (Å²) in [5, 5.41) is -0.119. The van der Waals surface area contributed by atoms with Crippen molar-refractivity contribution in [1.29, 1.82) is 0 Å². The summed E-state index contributed by atoms with van der Waals surface area (Å²) in [5.41, 5.74) is -0.0183. The molecule has 106 valence electrons. The van der Waals surface area contributed by atoms with Crippen LogP contribution in [0.3, 0.4) is 0 Å². The van der Waals surface area contributed by atoms with Gasteiger partial charge in [0.2, 0.25) is 0 Å². The fraction of sp³-hybridized carbons (Fsp3) is 0. The van der Waals surface area contributed by atoms with Crippen molar-refractivity contribution in [2.75, 3.05) is 0 Å². The smallest absolute Gasteiger partial charge is 0.152 e. The molecule has 0 fully saturated rings. The number of benzene rings is 2. The number of aromatic amines is 1. The predicted octanol–water partition coefficient (Wildman–Crippen LogP) is 4.20. The highest BCUT2D eigenvalue weighted by molar-refractivity contribution is 6.04. The van der Waals surface area contributed by atoms with Crippen LogP contribution in [0.1, 0.15) is 10.4 Å². The van der Waals surface area contributed by atoms with E-state index in [-0.39, 0.29) is 27.7 Å². The van der Waals surface area contributed by atoms with Crippen molar-refractivity contribution in [3.63, 3.8) is 0 Å². The molecule has 0 saturated heterocycles. The van der Waals surface area contributed by atoms with E-state index in [0.717, 1.165) is 18.2 Å². The molecule has 21 heavy (non-hydrogen) atoms. The van der Waals surface area contributed by atoms with Crippen LogP contribution in [0.2, 0.25) is 0 Å². The highest BCUT2D eigenvalue weighted by Gasteiger charge is 2.18. The SMILES string of the molecule is O=Cc1c(-c2cc(F)cc(F)c2)[nH]c2cc(F)cc(F)c12. The number of rotatable bonds is 2. The van der Waals surface area contributed by atoms with E-state index in [0.29, 0.717) is 18.4 Å². The third-order valence-electron chi connectivity index (χ3n) is 3.12. The zero-order valence-corrected chi connectivity index (χ0v) is 10.4. The molecular formula is C15H7F4NO. The van der Waals surface area contributed by atoms with Gasteiger partial charge in [0, 0.05) is 23.1 Å².